The van der Waals surface area contributed by atoms with Gasteiger partial charge in [0.2, 0.25) is 5.91 Å². The van der Waals surface area contributed by atoms with Crippen LogP contribution in [0.25, 0.3) is 0 Å². The van der Waals surface area contributed by atoms with E-state index in [-0.39, 0.29) is 18.0 Å². The van der Waals surface area contributed by atoms with E-state index in [4.69, 9.17) is 14.2 Å². The van der Waals surface area contributed by atoms with Crippen molar-refractivity contribution >= 4 is 11.9 Å². The van der Waals surface area contributed by atoms with Crippen LogP contribution in [0.2, 0.25) is 0 Å². The number of ether oxygens (including phenoxy) is 3. The maximum atomic E-state index is 13.2. The Morgan fingerprint density at radius 1 is 0.969 bits per heavy atom. The van der Waals surface area contributed by atoms with E-state index in [0.29, 0.717) is 59.0 Å². The summed E-state index contributed by atoms with van der Waals surface area (Å²) in [5.41, 5.74) is 1.03. The molecule has 9 heteroatoms. The van der Waals surface area contributed by atoms with Gasteiger partial charge in [-0.05, 0) is 25.0 Å². The summed E-state index contributed by atoms with van der Waals surface area (Å²) in [4.78, 5) is 33.8. The van der Waals surface area contributed by atoms with E-state index >= 15 is 0 Å². The highest BCUT2D eigenvalue weighted by Gasteiger charge is 2.34. The van der Waals surface area contributed by atoms with Gasteiger partial charge in [0.15, 0.2) is 0 Å². The van der Waals surface area contributed by atoms with Crippen LogP contribution in [0.15, 0.2) is 18.2 Å². The molecule has 0 saturated carbocycles. The number of amides is 3. The summed E-state index contributed by atoms with van der Waals surface area (Å²) in [6.07, 6.45) is 1.91. The lowest BCUT2D eigenvalue weighted by molar-refractivity contribution is -0.133. The smallest absolute Gasteiger partial charge is 0.320 e. The summed E-state index contributed by atoms with van der Waals surface area (Å²) in [5.74, 6) is 1.63. The second-order valence-corrected chi connectivity index (χ2v) is 8.50. The lowest BCUT2D eigenvalue weighted by Gasteiger charge is -2.39. The fourth-order valence-electron chi connectivity index (χ4n) is 4.82. The summed E-state index contributed by atoms with van der Waals surface area (Å²) in [7, 11) is 3.28. The van der Waals surface area contributed by atoms with E-state index in [0.717, 1.165) is 36.4 Å². The average Bonchev–Trinajstić information content (AvgIpc) is 3.34. The molecule has 1 atom stereocenters. The molecule has 176 valence electrons. The largest absolute Gasteiger partial charge is 0.497 e. The van der Waals surface area contributed by atoms with Crippen molar-refractivity contribution in [2.24, 2.45) is 0 Å². The molecule has 3 saturated heterocycles. The van der Waals surface area contributed by atoms with E-state index in [2.05, 4.69) is 4.90 Å². The zero-order valence-corrected chi connectivity index (χ0v) is 19.1. The highest BCUT2D eigenvalue weighted by atomic mass is 16.5. The Balaban J connectivity index is 1.32. The van der Waals surface area contributed by atoms with E-state index in [1.807, 2.05) is 32.9 Å². The van der Waals surface area contributed by atoms with Gasteiger partial charge in [-0.1, -0.05) is 0 Å². The third-order valence-electron chi connectivity index (χ3n) is 6.66. The molecule has 3 aliphatic rings. The number of methoxy groups -OCH3 is 2. The Kier molecular flexibility index (Phi) is 7.36. The first-order valence-electron chi connectivity index (χ1n) is 11.5. The third-order valence-corrected chi connectivity index (χ3v) is 6.66. The van der Waals surface area contributed by atoms with Crippen molar-refractivity contribution in [1.29, 1.82) is 0 Å². The monoisotopic (exact) mass is 446 g/mol. The molecule has 3 amide bonds. The van der Waals surface area contributed by atoms with Crippen molar-refractivity contribution in [2.45, 2.75) is 18.9 Å². The number of carbonyl (C=O) groups is 2. The van der Waals surface area contributed by atoms with Gasteiger partial charge in [-0.15, -0.1) is 0 Å². The zero-order chi connectivity index (χ0) is 22.5. The third kappa shape index (κ3) is 4.94. The lowest BCUT2D eigenvalue weighted by atomic mass is 10.0. The van der Waals surface area contributed by atoms with Gasteiger partial charge in [-0.3, -0.25) is 9.69 Å². The van der Waals surface area contributed by atoms with Crippen LogP contribution in [0.3, 0.4) is 0 Å². The van der Waals surface area contributed by atoms with Crippen molar-refractivity contribution in [3.8, 4) is 11.5 Å². The summed E-state index contributed by atoms with van der Waals surface area (Å²) in [6, 6.07) is 5.91. The summed E-state index contributed by atoms with van der Waals surface area (Å²) >= 11 is 0. The van der Waals surface area contributed by atoms with Crippen molar-refractivity contribution < 1.29 is 23.8 Å². The summed E-state index contributed by atoms with van der Waals surface area (Å²) in [6.45, 7) is 6.40. The lowest BCUT2D eigenvalue weighted by Crippen LogP contribution is -2.55. The van der Waals surface area contributed by atoms with Gasteiger partial charge in [0, 0.05) is 57.4 Å². The fraction of sp³-hybridized carbons (Fsp3) is 0.652. The topological polar surface area (TPSA) is 74.8 Å². The van der Waals surface area contributed by atoms with Crippen molar-refractivity contribution in [3.63, 3.8) is 0 Å². The second-order valence-electron chi connectivity index (χ2n) is 8.50. The average molecular weight is 447 g/mol. The Labute approximate surface area is 189 Å². The summed E-state index contributed by atoms with van der Waals surface area (Å²) < 4.78 is 16.2. The van der Waals surface area contributed by atoms with E-state index < -0.39 is 0 Å². The molecular formula is C23H34N4O5. The van der Waals surface area contributed by atoms with Crippen LogP contribution in [0.5, 0.6) is 11.5 Å². The molecule has 1 unspecified atom stereocenters. The fourth-order valence-corrected chi connectivity index (χ4v) is 4.82. The molecule has 0 aliphatic carbocycles. The number of hydrogen-bond donors (Lipinski definition) is 0. The van der Waals surface area contributed by atoms with Crippen molar-refractivity contribution in [3.05, 3.63) is 23.8 Å². The molecule has 32 heavy (non-hydrogen) atoms. The normalized spacial score (nSPS) is 22.2. The molecule has 3 fully saturated rings. The molecule has 4 rings (SSSR count). The minimum Gasteiger partial charge on any atom is -0.497 e. The minimum atomic E-state index is 0.0209. The van der Waals surface area contributed by atoms with Crippen LogP contribution in [-0.4, -0.2) is 111 Å². The molecule has 1 aromatic carbocycles. The van der Waals surface area contributed by atoms with Crippen LogP contribution in [0, 0.1) is 0 Å². The van der Waals surface area contributed by atoms with Crippen molar-refractivity contribution in [1.82, 2.24) is 19.6 Å². The number of urea groups is 1. The van der Waals surface area contributed by atoms with E-state index in [1.165, 1.54) is 0 Å². The van der Waals surface area contributed by atoms with Gasteiger partial charge in [0.25, 0.3) is 0 Å². The van der Waals surface area contributed by atoms with Gasteiger partial charge >= 0.3 is 6.03 Å². The highest BCUT2D eigenvalue weighted by molar-refractivity contribution is 5.79. The first-order chi connectivity index (χ1) is 15.6. The van der Waals surface area contributed by atoms with E-state index in [9.17, 15) is 9.59 Å². The van der Waals surface area contributed by atoms with E-state index in [1.54, 1.807) is 14.2 Å². The minimum absolute atomic E-state index is 0.0209. The predicted molar refractivity (Wildman–Crippen MR) is 119 cm³/mol. The number of piperazine rings is 1. The molecule has 0 aromatic heterocycles. The molecule has 0 N–H and O–H groups in total. The molecular weight excluding hydrogens is 412 g/mol. The summed E-state index contributed by atoms with van der Waals surface area (Å²) in [5, 5.41) is 0. The van der Waals surface area contributed by atoms with Gasteiger partial charge in [-0.2, -0.15) is 0 Å². The second kappa shape index (κ2) is 10.4. The van der Waals surface area contributed by atoms with Crippen LogP contribution < -0.4 is 9.47 Å². The van der Waals surface area contributed by atoms with Crippen molar-refractivity contribution in [2.75, 3.05) is 79.8 Å². The van der Waals surface area contributed by atoms with Crippen LogP contribution in [0.1, 0.15) is 24.4 Å². The highest BCUT2D eigenvalue weighted by Crippen LogP contribution is 2.38. The Morgan fingerprint density at radius 2 is 1.69 bits per heavy atom. The maximum Gasteiger partial charge on any atom is 0.320 e. The number of nitrogens with zero attached hydrogens (tertiary/aromatic N) is 4. The Bertz CT molecular complexity index is 806. The number of carbonyl (C=O) groups excluding carboxylic acids is 2. The first kappa shape index (κ1) is 22.7. The number of hydrogen-bond acceptors (Lipinski definition) is 6. The number of rotatable bonds is 5. The molecule has 0 spiro atoms. The maximum absolute atomic E-state index is 13.2. The van der Waals surface area contributed by atoms with Gasteiger partial charge in [0.1, 0.15) is 11.5 Å². The van der Waals surface area contributed by atoms with Crippen LogP contribution >= 0.6 is 0 Å². The number of benzene rings is 1. The quantitative estimate of drug-likeness (QED) is 0.682. The van der Waals surface area contributed by atoms with Gasteiger partial charge in [-0.25, -0.2) is 4.79 Å². The zero-order valence-electron chi connectivity index (χ0n) is 19.1. The predicted octanol–water partition coefficient (Wildman–Crippen LogP) is 1.44. The van der Waals surface area contributed by atoms with Crippen LogP contribution in [-0.2, 0) is 9.53 Å². The van der Waals surface area contributed by atoms with Crippen LogP contribution in [0.4, 0.5) is 4.79 Å². The molecule has 0 radical (unpaired) electrons. The molecule has 0 bridgehead atoms. The molecule has 3 aliphatic heterocycles. The Morgan fingerprint density at radius 3 is 2.38 bits per heavy atom. The molecule has 1 aromatic rings. The molecule has 3 heterocycles. The number of likely N-dealkylation sites (tertiary alicyclic amines) is 1. The first-order valence-corrected chi connectivity index (χ1v) is 11.5. The Hall–Kier alpha value is -2.52. The standard InChI is InChI=1S/C23H34N4O5/c1-30-18-5-6-19(21(16-18)31-2)20-4-3-7-27(20)22(28)17-24-8-10-25(11-9-24)23(29)26-12-14-32-15-13-26/h5-6,16,20H,3-4,7-15,17H2,1-2H3. The molecule has 9 nitrogen and oxygen atoms in total. The number of morpholine rings is 1. The SMILES string of the molecule is COc1ccc(C2CCCN2C(=O)CN2CCN(C(=O)N3CCOCC3)CC2)c(OC)c1. The van der Waals surface area contributed by atoms with Gasteiger partial charge in [0.05, 0.1) is 40.0 Å². The van der Waals surface area contributed by atoms with Gasteiger partial charge < -0.3 is 28.9 Å².